The van der Waals surface area contributed by atoms with Gasteiger partial charge in [0.05, 0.1) is 22.9 Å². The molecule has 0 aromatic heterocycles. The largest absolute Gasteiger partial charge is 0.461 e. The minimum absolute atomic E-state index is 0.0810. The first-order chi connectivity index (χ1) is 13.8. The first-order valence-corrected chi connectivity index (χ1v) is 9.88. The highest BCUT2D eigenvalue weighted by molar-refractivity contribution is 7.85. The molecule has 1 aliphatic rings. The molecule has 0 saturated carbocycles. The number of hydrogen-bond acceptors (Lipinski definition) is 8. The van der Waals surface area contributed by atoms with Crippen molar-refractivity contribution in [2.45, 2.75) is 17.9 Å². The van der Waals surface area contributed by atoms with Gasteiger partial charge in [-0.05, 0) is 43.3 Å². The Bertz CT molecular complexity index is 1080. The van der Waals surface area contributed by atoms with Crippen molar-refractivity contribution in [3.05, 3.63) is 54.6 Å². The van der Waals surface area contributed by atoms with Gasteiger partial charge in [0, 0.05) is 0 Å². The molecule has 0 aliphatic carbocycles. The number of carbonyl (C=O) groups is 2. The zero-order chi connectivity index (χ0) is 21.0. The van der Waals surface area contributed by atoms with Gasteiger partial charge in [0.25, 0.3) is 16.0 Å². The van der Waals surface area contributed by atoms with Crippen molar-refractivity contribution in [1.82, 2.24) is 0 Å². The summed E-state index contributed by atoms with van der Waals surface area (Å²) in [6.45, 7) is 1.69. The zero-order valence-corrected chi connectivity index (χ0v) is 16.0. The number of amides is 1. The lowest BCUT2D eigenvalue weighted by molar-refractivity contribution is -0.135. The molecule has 0 radical (unpaired) electrons. The van der Waals surface area contributed by atoms with E-state index >= 15 is 0 Å². The lowest BCUT2D eigenvalue weighted by Gasteiger charge is -2.12. The molecule has 29 heavy (non-hydrogen) atoms. The van der Waals surface area contributed by atoms with Crippen LogP contribution in [0.15, 0.2) is 74.8 Å². The second-order valence-electron chi connectivity index (χ2n) is 5.78. The molecule has 0 fully saturated rings. The average molecular weight is 416 g/mol. The molecule has 0 saturated heterocycles. The predicted molar refractivity (Wildman–Crippen MR) is 103 cm³/mol. The smallest absolute Gasteiger partial charge is 0.357 e. The third-order valence-corrected chi connectivity index (χ3v) is 4.69. The summed E-state index contributed by atoms with van der Waals surface area (Å²) in [6, 6.07) is 12.1. The highest BCUT2D eigenvalue weighted by Crippen LogP contribution is 2.25. The molecular weight excluding hydrogens is 400 g/mol. The monoisotopic (exact) mass is 416 g/mol. The minimum atomic E-state index is -4.39. The molecule has 11 heteroatoms. The zero-order valence-electron chi connectivity index (χ0n) is 15.2. The maximum atomic E-state index is 12.8. The summed E-state index contributed by atoms with van der Waals surface area (Å²) in [4.78, 5) is 24.7. The van der Waals surface area contributed by atoms with E-state index in [2.05, 4.69) is 15.3 Å². The number of esters is 1. The van der Waals surface area contributed by atoms with E-state index in [0.29, 0.717) is 5.69 Å². The summed E-state index contributed by atoms with van der Waals surface area (Å²) in [5.41, 5.74) is 0.427. The maximum Gasteiger partial charge on any atom is 0.357 e. The van der Waals surface area contributed by atoms with Crippen molar-refractivity contribution in [3.63, 3.8) is 0 Å². The topological polar surface area (TPSA) is 138 Å². The number of hydrazone groups is 1. The second-order valence-corrected chi connectivity index (χ2v) is 7.20. The van der Waals surface area contributed by atoms with Gasteiger partial charge in [-0.1, -0.05) is 18.2 Å². The Hall–Kier alpha value is -3.44. The normalized spacial score (nSPS) is 16.9. The lowest BCUT2D eigenvalue weighted by atomic mass is 10.2. The summed E-state index contributed by atoms with van der Waals surface area (Å²) >= 11 is 0. The molecule has 0 bridgehead atoms. The average Bonchev–Trinajstić information content (AvgIpc) is 3.03. The van der Waals surface area contributed by atoms with Gasteiger partial charge in [-0.3, -0.25) is 9.35 Å². The van der Waals surface area contributed by atoms with Gasteiger partial charge >= 0.3 is 5.97 Å². The Balaban J connectivity index is 1.94. The van der Waals surface area contributed by atoms with Crippen molar-refractivity contribution in [3.8, 4) is 0 Å². The molecule has 1 aliphatic heterocycles. The number of rotatable bonds is 6. The first kappa shape index (κ1) is 20.3. The molecule has 150 valence electrons. The van der Waals surface area contributed by atoms with E-state index in [-0.39, 0.29) is 22.9 Å². The van der Waals surface area contributed by atoms with Gasteiger partial charge in [0.15, 0.2) is 5.71 Å². The SMILES string of the molecule is CCOC(=O)C1=NN(c2ccc(S(=O)(=O)O)cc2)C(=O)C1N=Nc1ccccc1. The van der Waals surface area contributed by atoms with Gasteiger partial charge < -0.3 is 4.74 Å². The van der Waals surface area contributed by atoms with E-state index in [0.717, 1.165) is 17.1 Å². The summed E-state index contributed by atoms with van der Waals surface area (Å²) < 4.78 is 36.4. The van der Waals surface area contributed by atoms with Crippen LogP contribution in [0.4, 0.5) is 11.4 Å². The van der Waals surface area contributed by atoms with Gasteiger partial charge in [-0.15, -0.1) is 0 Å². The van der Waals surface area contributed by atoms with Crippen LogP contribution >= 0.6 is 0 Å². The Morgan fingerprint density at radius 2 is 1.83 bits per heavy atom. The van der Waals surface area contributed by atoms with E-state index in [1.54, 1.807) is 37.3 Å². The fourth-order valence-corrected chi connectivity index (χ4v) is 2.95. The van der Waals surface area contributed by atoms with Gasteiger partial charge in [0.1, 0.15) is 0 Å². The third kappa shape index (κ3) is 4.52. The van der Waals surface area contributed by atoms with Crippen LogP contribution in [0.3, 0.4) is 0 Å². The number of anilines is 1. The van der Waals surface area contributed by atoms with E-state index in [1.165, 1.54) is 12.1 Å². The molecule has 1 amide bonds. The molecule has 1 heterocycles. The Morgan fingerprint density at radius 3 is 2.41 bits per heavy atom. The van der Waals surface area contributed by atoms with Crippen molar-refractivity contribution in [2.75, 3.05) is 11.6 Å². The number of ether oxygens (including phenoxy) is 1. The molecule has 1 atom stereocenters. The summed E-state index contributed by atoms with van der Waals surface area (Å²) in [7, 11) is -4.39. The van der Waals surface area contributed by atoms with E-state index < -0.39 is 28.0 Å². The second kappa shape index (κ2) is 8.29. The van der Waals surface area contributed by atoms with E-state index in [9.17, 15) is 18.0 Å². The number of hydrogen-bond donors (Lipinski definition) is 1. The van der Waals surface area contributed by atoms with Crippen LogP contribution in [0.25, 0.3) is 0 Å². The Morgan fingerprint density at radius 1 is 1.17 bits per heavy atom. The van der Waals surface area contributed by atoms with Crippen molar-refractivity contribution < 1.29 is 27.3 Å². The predicted octanol–water partition coefficient (Wildman–Crippen LogP) is 2.35. The first-order valence-electron chi connectivity index (χ1n) is 8.44. The van der Waals surface area contributed by atoms with Crippen molar-refractivity contribution in [2.24, 2.45) is 15.3 Å². The number of benzene rings is 2. The van der Waals surface area contributed by atoms with Crippen molar-refractivity contribution >= 4 is 39.1 Å². The Kier molecular flexibility index (Phi) is 5.80. The molecule has 1 N–H and O–H groups in total. The minimum Gasteiger partial charge on any atom is -0.461 e. The molecular formula is C18H16N4O6S. The van der Waals surface area contributed by atoms with Gasteiger partial charge in [-0.2, -0.15) is 28.8 Å². The quantitative estimate of drug-likeness (QED) is 0.436. The van der Waals surface area contributed by atoms with Crippen molar-refractivity contribution in [1.29, 1.82) is 0 Å². The molecule has 3 rings (SSSR count). The number of nitrogens with zero attached hydrogens (tertiary/aromatic N) is 4. The van der Waals surface area contributed by atoms with Gasteiger partial charge in [0.2, 0.25) is 6.04 Å². The Labute approximate surface area is 166 Å². The van der Waals surface area contributed by atoms with Crippen LogP contribution in [0.2, 0.25) is 0 Å². The molecule has 0 spiro atoms. The molecule has 10 nitrogen and oxygen atoms in total. The number of carbonyl (C=O) groups excluding carboxylic acids is 2. The molecule has 1 unspecified atom stereocenters. The van der Waals surface area contributed by atoms with Crippen LogP contribution < -0.4 is 5.01 Å². The van der Waals surface area contributed by atoms with Crippen LogP contribution in [-0.4, -0.2) is 43.2 Å². The van der Waals surface area contributed by atoms with Crippen LogP contribution in [-0.2, 0) is 24.4 Å². The van der Waals surface area contributed by atoms with Crippen LogP contribution in [0, 0.1) is 0 Å². The maximum absolute atomic E-state index is 12.8. The molecule has 2 aromatic carbocycles. The van der Waals surface area contributed by atoms with E-state index in [1.807, 2.05) is 0 Å². The standard InChI is InChI=1S/C18H16N4O6S/c1-2-28-18(24)16-15(20-19-12-6-4-3-5-7-12)17(23)22(21-16)13-8-10-14(11-9-13)29(25,26)27/h3-11,15H,2H2,1H3,(H,25,26,27). The lowest BCUT2D eigenvalue weighted by Crippen LogP contribution is -2.33. The molecule has 2 aromatic rings. The van der Waals surface area contributed by atoms with Crippen LogP contribution in [0.5, 0.6) is 0 Å². The highest BCUT2D eigenvalue weighted by atomic mass is 32.2. The summed E-state index contributed by atoms with van der Waals surface area (Å²) in [6.07, 6.45) is 0. The van der Waals surface area contributed by atoms with E-state index in [4.69, 9.17) is 9.29 Å². The van der Waals surface area contributed by atoms with Gasteiger partial charge in [-0.25, -0.2) is 4.79 Å². The number of azo groups is 1. The fraction of sp³-hybridized carbons (Fsp3) is 0.167. The summed E-state index contributed by atoms with van der Waals surface area (Å²) in [5.74, 6) is -1.47. The highest BCUT2D eigenvalue weighted by Gasteiger charge is 2.41. The third-order valence-electron chi connectivity index (χ3n) is 3.82. The summed E-state index contributed by atoms with van der Waals surface area (Å²) in [5, 5.41) is 12.9. The fourth-order valence-electron chi connectivity index (χ4n) is 2.47. The van der Waals surface area contributed by atoms with Crippen LogP contribution in [0.1, 0.15) is 6.92 Å².